The lowest BCUT2D eigenvalue weighted by molar-refractivity contribution is 0.214. The quantitative estimate of drug-likeness (QED) is 0.840. The number of ether oxygens (including phenoxy) is 1. The van der Waals surface area contributed by atoms with Gasteiger partial charge < -0.3 is 9.84 Å². The highest BCUT2D eigenvalue weighted by Crippen LogP contribution is 2.33. The average molecular weight is 390 g/mol. The molecule has 2 rings (SSSR count). The van der Waals surface area contributed by atoms with Gasteiger partial charge in [-0.3, -0.25) is 0 Å². The van der Waals surface area contributed by atoms with Crippen LogP contribution in [0.4, 0.5) is 4.39 Å². The van der Waals surface area contributed by atoms with E-state index < -0.39 is 11.9 Å². The molecule has 0 heterocycles. The second-order valence-electron chi connectivity index (χ2n) is 3.96. The molecule has 0 amide bonds. The van der Waals surface area contributed by atoms with Crippen LogP contribution < -0.4 is 4.74 Å². The van der Waals surface area contributed by atoms with Gasteiger partial charge in [0.1, 0.15) is 17.7 Å². The van der Waals surface area contributed by atoms with Crippen LogP contribution in [0.5, 0.6) is 5.75 Å². The number of benzene rings is 2. The van der Waals surface area contributed by atoms with Crippen LogP contribution in [0.3, 0.4) is 0 Å². The fraction of sp³-hybridized carbons (Fsp3) is 0.143. The first-order valence-electron chi connectivity index (χ1n) is 5.49. The fourth-order valence-electron chi connectivity index (χ4n) is 1.75. The predicted molar refractivity (Wildman–Crippen MR) is 78.9 cm³/mol. The topological polar surface area (TPSA) is 29.5 Å². The van der Waals surface area contributed by atoms with Gasteiger partial charge in [-0.1, -0.05) is 31.9 Å². The Hall–Kier alpha value is -0.910. The van der Waals surface area contributed by atoms with Crippen LogP contribution in [0, 0.1) is 5.82 Å². The van der Waals surface area contributed by atoms with Crippen molar-refractivity contribution < 1.29 is 14.2 Å². The smallest absolute Gasteiger partial charge is 0.133 e. The maximum Gasteiger partial charge on any atom is 0.133 e. The summed E-state index contributed by atoms with van der Waals surface area (Å²) < 4.78 is 20.4. The third kappa shape index (κ3) is 3.16. The zero-order valence-electron chi connectivity index (χ0n) is 10.0. The Kier molecular flexibility index (Phi) is 4.60. The SMILES string of the molecule is COc1ccc(C(O)c2cc(Br)ccc2Br)c(F)c1. The van der Waals surface area contributed by atoms with E-state index in [9.17, 15) is 9.50 Å². The largest absolute Gasteiger partial charge is 0.497 e. The molecule has 19 heavy (non-hydrogen) atoms. The molecule has 2 aromatic rings. The van der Waals surface area contributed by atoms with E-state index in [0.29, 0.717) is 11.3 Å². The van der Waals surface area contributed by atoms with Crippen molar-refractivity contribution in [1.82, 2.24) is 0 Å². The lowest BCUT2D eigenvalue weighted by Crippen LogP contribution is -2.04. The Labute approximate surface area is 127 Å². The Morgan fingerprint density at radius 3 is 2.47 bits per heavy atom. The van der Waals surface area contributed by atoms with Crippen LogP contribution in [0.15, 0.2) is 45.3 Å². The summed E-state index contributed by atoms with van der Waals surface area (Å²) in [4.78, 5) is 0. The van der Waals surface area contributed by atoms with E-state index in [1.165, 1.54) is 19.2 Å². The molecule has 0 aliphatic carbocycles. The van der Waals surface area contributed by atoms with Crippen LogP contribution in [0.2, 0.25) is 0 Å². The summed E-state index contributed by atoms with van der Waals surface area (Å²) in [5.74, 6) is -0.0829. The Balaban J connectivity index is 2.43. The molecule has 0 bridgehead atoms. The van der Waals surface area contributed by atoms with Gasteiger partial charge in [0.25, 0.3) is 0 Å². The van der Waals surface area contributed by atoms with Crippen LogP contribution in [0.25, 0.3) is 0 Å². The summed E-state index contributed by atoms with van der Waals surface area (Å²) in [7, 11) is 1.47. The van der Waals surface area contributed by atoms with Crippen molar-refractivity contribution in [2.24, 2.45) is 0 Å². The summed E-state index contributed by atoms with van der Waals surface area (Å²) >= 11 is 6.69. The maximum atomic E-state index is 13.9. The van der Waals surface area contributed by atoms with Crippen molar-refractivity contribution in [3.63, 3.8) is 0 Å². The minimum atomic E-state index is -1.04. The van der Waals surface area contributed by atoms with Crippen molar-refractivity contribution in [2.45, 2.75) is 6.10 Å². The van der Waals surface area contributed by atoms with Gasteiger partial charge in [0.15, 0.2) is 0 Å². The van der Waals surface area contributed by atoms with Gasteiger partial charge in [-0.05, 0) is 30.3 Å². The zero-order valence-corrected chi connectivity index (χ0v) is 13.2. The van der Waals surface area contributed by atoms with Gasteiger partial charge in [0, 0.05) is 26.1 Å². The van der Waals surface area contributed by atoms with Crippen LogP contribution in [-0.4, -0.2) is 12.2 Å². The number of aliphatic hydroxyl groups is 1. The third-order valence-corrected chi connectivity index (χ3v) is 3.97. The summed E-state index contributed by atoms with van der Waals surface area (Å²) in [5, 5.41) is 10.3. The van der Waals surface area contributed by atoms with E-state index in [1.54, 1.807) is 18.2 Å². The number of hydrogen-bond donors (Lipinski definition) is 1. The van der Waals surface area contributed by atoms with Gasteiger partial charge in [0.2, 0.25) is 0 Å². The molecule has 0 saturated carbocycles. The monoisotopic (exact) mass is 388 g/mol. The minimum Gasteiger partial charge on any atom is -0.497 e. The summed E-state index contributed by atoms with van der Waals surface area (Å²) in [5.41, 5.74) is 0.804. The van der Waals surface area contributed by atoms with E-state index in [1.807, 2.05) is 6.07 Å². The highest BCUT2D eigenvalue weighted by molar-refractivity contribution is 9.11. The van der Waals surface area contributed by atoms with E-state index in [0.717, 1.165) is 8.95 Å². The van der Waals surface area contributed by atoms with Crippen molar-refractivity contribution in [3.8, 4) is 5.75 Å². The molecule has 1 unspecified atom stereocenters. The fourth-order valence-corrected chi connectivity index (χ4v) is 2.59. The Bertz CT molecular complexity index is 602. The van der Waals surface area contributed by atoms with Crippen molar-refractivity contribution >= 4 is 31.9 Å². The number of rotatable bonds is 3. The Morgan fingerprint density at radius 1 is 1.11 bits per heavy atom. The first-order chi connectivity index (χ1) is 9.02. The molecule has 2 nitrogen and oxygen atoms in total. The average Bonchev–Trinajstić information content (AvgIpc) is 2.40. The lowest BCUT2D eigenvalue weighted by Gasteiger charge is -2.15. The minimum absolute atomic E-state index is 0.208. The van der Waals surface area contributed by atoms with E-state index >= 15 is 0 Å². The number of aliphatic hydroxyl groups excluding tert-OH is 1. The second kappa shape index (κ2) is 6.03. The summed E-state index contributed by atoms with van der Waals surface area (Å²) in [6, 6.07) is 9.78. The molecule has 2 aromatic carbocycles. The Morgan fingerprint density at radius 2 is 1.84 bits per heavy atom. The summed E-state index contributed by atoms with van der Waals surface area (Å²) in [6.45, 7) is 0. The number of hydrogen-bond acceptors (Lipinski definition) is 2. The maximum absolute atomic E-state index is 13.9. The van der Waals surface area contributed by atoms with Crippen molar-refractivity contribution in [1.29, 1.82) is 0 Å². The molecule has 100 valence electrons. The van der Waals surface area contributed by atoms with E-state index in [4.69, 9.17) is 4.74 Å². The van der Waals surface area contributed by atoms with Crippen molar-refractivity contribution in [3.05, 3.63) is 62.3 Å². The number of halogens is 3. The van der Waals surface area contributed by atoms with Crippen LogP contribution >= 0.6 is 31.9 Å². The molecule has 0 aliphatic rings. The first-order valence-corrected chi connectivity index (χ1v) is 7.08. The van der Waals surface area contributed by atoms with E-state index in [-0.39, 0.29) is 5.56 Å². The zero-order chi connectivity index (χ0) is 14.0. The molecule has 0 fully saturated rings. The molecular formula is C14H11Br2FO2. The molecule has 5 heteroatoms. The standard InChI is InChI=1S/C14H11Br2FO2/c1-19-9-3-4-10(13(17)7-9)14(18)11-6-8(15)2-5-12(11)16/h2-7,14,18H,1H3. The van der Waals surface area contributed by atoms with Gasteiger partial charge in [0.05, 0.1) is 7.11 Å². The molecule has 0 aromatic heterocycles. The predicted octanol–water partition coefficient (Wildman–Crippen LogP) is 4.44. The molecule has 0 aliphatic heterocycles. The second-order valence-corrected chi connectivity index (χ2v) is 5.73. The van der Waals surface area contributed by atoms with Gasteiger partial charge >= 0.3 is 0 Å². The summed E-state index contributed by atoms with van der Waals surface area (Å²) in [6.07, 6.45) is -1.04. The van der Waals surface area contributed by atoms with Gasteiger partial charge in [-0.25, -0.2) is 4.39 Å². The lowest BCUT2D eigenvalue weighted by atomic mass is 10.0. The van der Waals surface area contributed by atoms with Gasteiger partial charge in [-0.15, -0.1) is 0 Å². The third-order valence-electron chi connectivity index (χ3n) is 2.75. The molecular weight excluding hydrogens is 379 g/mol. The molecule has 0 spiro atoms. The normalized spacial score (nSPS) is 12.3. The van der Waals surface area contributed by atoms with Crippen LogP contribution in [-0.2, 0) is 0 Å². The number of methoxy groups -OCH3 is 1. The van der Waals surface area contributed by atoms with Gasteiger partial charge in [-0.2, -0.15) is 0 Å². The molecule has 0 saturated heterocycles. The highest BCUT2D eigenvalue weighted by Gasteiger charge is 2.18. The van der Waals surface area contributed by atoms with E-state index in [2.05, 4.69) is 31.9 Å². The molecule has 1 atom stereocenters. The van der Waals surface area contributed by atoms with Crippen LogP contribution in [0.1, 0.15) is 17.2 Å². The highest BCUT2D eigenvalue weighted by atomic mass is 79.9. The van der Waals surface area contributed by atoms with Crippen molar-refractivity contribution in [2.75, 3.05) is 7.11 Å². The molecule has 0 radical (unpaired) electrons. The first kappa shape index (κ1) is 14.5. The molecule has 1 N–H and O–H groups in total.